The Balaban J connectivity index is 1.65. The van der Waals surface area contributed by atoms with Crippen LogP contribution in [0, 0.1) is 11.8 Å². The fourth-order valence-electron chi connectivity index (χ4n) is 3.66. The van der Waals surface area contributed by atoms with Gasteiger partial charge in [0.05, 0.1) is 18.9 Å². The molecule has 1 saturated carbocycles. The lowest BCUT2D eigenvalue weighted by Gasteiger charge is -2.34. The Morgan fingerprint density at radius 1 is 1.29 bits per heavy atom. The van der Waals surface area contributed by atoms with E-state index < -0.39 is 0 Å². The third-order valence-electron chi connectivity index (χ3n) is 5.56. The molecule has 1 N–H and O–H groups in total. The fourth-order valence-corrected chi connectivity index (χ4v) is 4.43. The summed E-state index contributed by atoms with van der Waals surface area (Å²) in [4.78, 5) is 16.6. The topological polar surface area (TPSA) is 81.9 Å². The maximum absolute atomic E-state index is 12.5. The first-order chi connectivity index (χ1) is 13.6. The summed E-state index contributed by atoms with van der Waals surface area (Å²) in [5.74, 6) is 2.33. The predicted molar refractivity (Wildman–Crippen MR) is 110 cm³/mol. The Labute approximate surface area is 170 Å². The zero-order chi connectivity index (χ0) is 19.9. The van der Waals surface area contributed by atoms with Gasteiger partial charge < -0.3 is 10.1 Å². The van der Waals surface area contributed by atoms with E-state index in [4.69, 9.17) is 4.74 Å². The number of rotatable bonds is 8. The van der Waals surface area contributed by atoms with Crippen molar-refractivity contribution in [2.75, 3.05) is 19.5 Å². The monoisotopic (exact) mass is 403 g/mol. The van der Waals surface area contributed by atoms with E-state index in [9.17, 15) is 4.79 Å². The average molecular weight is 404 g/mol. The Bertz CT molecular complexity index is 767. The van der Waals surface area contributed by atoms with Gasteiger partial charge in [0.15, 0.2) is 11.0 Å². The van der Waals surface area contributed by atoms with Crippen LogP contribution in [0.2, 0.25) is 0 Å². The Morgan fingerprint density at radius 2 is 2.07 bits per heavy atom. The van der Waals surface area contributed by atoms with Gasteiger partial charge in [-0.2, -0.15) is 0 Å². The smallest absolute Gasteiger partial charge is 0.230 e. The molecule has 1 fully saturated rings. The minimum Gasteiger partial charge on any atom is -0.383 e. The van der Waals surface area contributed by atoms with Gasteiger partial charge in [-0.15, -0.1) is 10.2 Å². The second-order valence-corrected chi connectivity index (χ2v) is 8.36. The molecule has 8 heteroatoms. The highest BCUT2D eigenvalue weighted by Crippen LogP contribution is 2.30. The van der Waals surface area contributed by atoms with E-state index in [0.717, 1.165) is 23.0 Å². The number of thioether (sulfide) groups is 1. The largest absolute Gasteiger partial charge is 0.383 e. The molecule has 2 aromatic rings. The summed E-state index contributed by atoms with van der Waals surface area (Å²) in [5, 5.41) is 12.6. The third kappa shape index (κ3) is 5.11. The minimum atomic E-state index is 0.0581. The van der Waals surface area contributed by atoms with E-state index in [1.54, 1.807) is 19.5 Å². The van der Waals surface area contributed by atoms with Gasteiger partial charge in [0, 0.05) is 31.1 Å². The number of nitrogens with zero attached hydrogens (tertiary/aromatic N) is 4. The van der Waals surface area contributed by atoms with Crippen molar-refractivity contribution in [3.05, 3.63) is 24.5 Å². The summed E-state index contributed by atoms with van der Waals surface area (Å²) in [6.45, 7) is 5.69. The highest BCUT2D eigenvalue weighted by atomic mass is 32.2. The number of nitrogens with one attached hydrogen (secondary N) is 1. The summed E-state index contributed by atoms with van der Waals surface area (Å²) in [5.41, 5.74) is 0.944. The molecule has 0 radical (unpaired) electrons. The van der Waals surface area contributed by atoms with Crippen molar-refractivity contribution in [2.24, 2.45) is 11.8 Å². The van der Waals surface area contributed by atoms with Crippen LogP contribution in [0.25, 0.3) is 11.4 Å². The first kappa shape index (κ1) is 20.8. The van der Waals surface area contributed by atoms with Crippen LogP contribution in [-0.4, -0.2) is 51.2 Å². The quantitative estimate of drug-likeness (QED) is 0.682. The molecule has 0 spiro atoms. The highest BCUT2D eigenvalue weighted by molar-refractivity contribution is 7.99. The lowest BCUT2D eigenvalue weighted by atomic mass is 9.78. The van der Waals surface area contributed by atoms with Crippen LogP contribution in [0.4, 0.5) is 0 Å². The standard InChI is InChI=1S/C20H29N5O2S/c1-14-5-4-6-17(15(14)2)22-18(26)13-28-20-24-23-19(25(20)11-12-27-3)16-7-9-21-10-8-16/h7-10,14-15,17H,4-6,11-13H2,1-3H3,(H,22,26). The van der Waals surface area contributed by atoms with Gasteiger partial charge in [-0.3, -0.25) is 14.3 Å². The van der Waals surface area contributed by atoms with Crippen LogP contribution in [0.1, 0.15) is 33.1 Å². The highest BCUT2D eigenvalue weighted by Gasteiger charge is 2.28. The molecule has 0 aliphatic heterocycles. The van der Waals surface area contributed by atoms with Crippen molar-refractivity contribution in [1.82, 2.24) is 25.1 Å². The molecular formula is C20H29N5O2S. The van der Waals surface area contributed by atoms with E-state index in [1.165, 1.54) is 24.6 Å². The fraction of sp³-hybridized carbons (Fsp3) is 0.600. The van der Waals surface area contributed by atoms with Gasteiger partial charge >= 0.3 is 0 Å². The Morgan fingerprint density at radius 3 is 2.82 bits per heavy atom. The maximum Gasteiger partial charge on any atom is 0.230 e. The number of carbonyl (C=O) groups is 1. The summed E-state index contributed by atoms with van der Waals surface area (Å²) >= 11 is 1.42. The normalized spacial score (nSPS) is 22.2. The van der Waals surface area contributed by atoms with Crippen LogP contribution in [-0.2, 0) is 16.1 Å². The van der Waals surface area contributed by atoms with E-state index in [2.05, 4.69) is 34.3 Å². The summed E-state index contributed by atoms with van der Waals surface area (Å²) < 4.78 is 7.23. The molecule has 1 aliphatic carbocycles. The number of aromatic nitrogens is 4. The summed E-state index contributed by atoms with van der Waals surface area (Å²) in [6, 6.07) is 4.08. The first-order valence-electron chi connectivity index (χ1n) is 9.85. The van der Waals surface area contributed by atoms with Crippen molar-refractivity contribution < 1.29 is 9.53 Å². The number of hydrogen-bond donors (Lipinski definition) is 1. The van der Waals surface area contributed by atoms with Crippen LogP contribution < -0.4 is 5.32 Å². The van der Waals surface area contributed by atoms with Crippen molar-refractivity contribution in [3.63, 3.8) is 0 Å². The first-order valence-corrected chi connectivity index (χ1v) is 10.8. The molecule has 0 aromatic carbocycles. The molecule has 3 rings (SSSR count). The SMILES string of the molecule is COCCn1c(SCC(=O)NC2CCCC(C)C2C)nnc1-c1ccncc1. The zero-order valence-corrected chi connectivity index (χ0v) is 17.6. The number of hydrogen-bond acceptors (Lipinski definition) is 6. The second-order valence-electron chi connectivity index (χ2n) is 7.42. The van der Waals surface area contributed by atoms with Gasteiger partial charge in [0.25, 0.3) is 0 Å². The second kappa shape index (κ2) is 10.0. The van der Waals surface area contributed by atoms with Crippen LogP contribution in [0.3, 0.4) is 0 Å². The minimum absolute atomic E-state index is 0.0581. The van der Waals surface area contributed by atoms with E-state index in [1.807, 2.05) is 16.7 Å². The van der Waals surface area contributed by atoms with Gasteiger partial charge in [-0.1, -0.05) is 38.5 Å². The number of ether oxygens (including phenoxy) is 1. The van der Waals surface area contributed by atoms with Gasteiger partial charge in [-0.25, -0.2) is 0 Å². The molecule has 1 amide bonds. The van der Waals surface area contributed by atoms with Crippen molar-refractivity contribution in [3.8, 4) is 11.4 Å². The Hall–Kier alpha value is -1.93. The van der Waals surface area contributed by atoms with E-state index in [0.29, 0.717) is 30.7 Å². The lowest BCUT2D eigenvalue weighted by molar-refractivity contribution is -0.120. The Kier molecular flexibility index (Phi) is 7.44. The molecular weight excluding hydrogens is 374 g/mol. The molecule has 1 aliphatic rings. The molecule has 3 unspecified atom stereocenters. The molecule has 3 atom stereocenters. The molecule has 2 aromatic heterocycles. The van der Waals surface area contributed by atoms with Crippen molar-refractivity contribution in [1.29, 1.82) is 0 Å². The molecule has 7 nitrogen and oxygen atoms in total. The summed E-state index contributed by atoms with van der Waals surface area (Å²) in [7, 11) is 1.67. The molecule has 0 saturated heterocycles. The van der Waals surface area contributed by atoms with Crippen LogP contribution in [0.15, 0.2) is 29.7 Å². The molecule has 2 heterocycles. The van der Waals surface area contributed by atoms with Crippen molar-refractivity contribution >= 4 is 17.7 Å². The lowest BCUT2D eigenvalue weighted by Crippen LogP contribution is -2.44. The van der Waals surface area contributed by atoms with Gasteiger partial charge in [0.1, 0.15) is 0 Å². The molecule has 28 heavy (non-hydrogen) atoms. The molecule has 152 valence electrons. The number of pyridine rings is 1. The zero-order valence-electron chi connectivity index (χ0n) is 16.8. The summed E-state index contributed by atoms with van der Waals surface area (Å²) in [6.07, 6.45) is 6.97. The number of carbonyl (C=O) groups excluding carboxylic acids is 1. The van der Waals surface area contributed by atoms with Crippen LogP contribution >= 0.6 is 11.8 Å². The van der Waals surface area contributed by atoms with E-state index >= 15 is 0 Å². The van der Waals surface area contributed by atoms with Gasteiger partial charge in [-0.05, 0) is 30.4 Å². The van der Waals surface area contributed by atoms with Crippen molar-refractivity contribution in [2.45, 2.75) is 50.9 Å². The predicted octanol–water partition coefficient (Wildman–Crippen LogP) is 3.02. The van der Waals surface area contributed by atoms with Gasteiger partial charge in [0.2, 0.25) is 5.91 Å². The number of amides is 1. The van der Waals surface area contributed by atoms with Crippen LogP contribution in [0.5, 0.6) is 0 Å². The van der Waals surface area contributed by atoms with E-state index in [-0.39, 0.29) is 11.9 Å². The number of methoxy groups -OCH3 is 1. The average Bonchev–Trinajstić information content (AvgIpc) is 3.11. The maximum atomic E-state index is 12.5. The molecule has 0 bridgehead atoms. The third-order valence-corrected chi connectivity index (χ3v) is 6.53.